The van der Waals surface area contributed by atoms with Crippen LogP contribution in [-0.2, 0) is 11.8 Å². The van der Waals surface area contributed by atoms with Crippen molar-refractivity contribution in [1.29, 1.82) is 5.26 Å². The number of anilines is 1. The zero-order valence-corrected chi connectivity index (χ0v) is 6.96. The van der Waals surface area contributed by atoms with Crippen LogP contribution in [0.4, 0.5) is 5.69 Å². The highest BCUT2D eigenvalue weighted by Crippen LogP contribution is 2.17. The molecule has 0 atom stereocenters. The van der Waals surface area contributed by atoms with E-state index in [0.717, 1.165) is 5.69 Å². The molecule has 0 aliphatic heterocycles. The average Bonchev–Trinajstić information content (AvgIpc) is 2.33. The second-order valence-corrected chi connectivity index (χ2v) is 2.46. The number of hydrogen-bond acceptors (Lipinski definition) is 2. The third kappa shape index (κ3) is 1.17. The summed E-state index contributed by atoms with van der Waals surface area (Å²) in [7, 11) is 1.78. The molecule has 0 fully saturated rings. The van der Waals surface area contributed by atoms with Gasteiger partial charge in [0.1, 0.15) is 11.8 Å². The molecule has 0 aliphatic rings. The van der Waals surface area contributed by atoms with E-state index in [9.17, 15) is 4.79 Å². The zero-order valence-electron chi connectivity index (χ0n) is 6.96. The molecule has 1 rings (SSSR count). The second kappa shape index (κ2) is 3.09. The number of rotatable bonds is 2. The first kappa shape index (κ1) is 8.34. The van der Waals surface area contributed by atoms with E-state index in [1.807, 2.05) is 13.0 Å². The number of amides is 1. The van der Waals surface area contributed by atoms with Crippen LogP contribution in [0.15, 0.2) is 6.07 Å². The molecule has 4 nitrogen and oxygen atoms in total. The van der Waals surface area contributed by atoms with Gasteiger partial charge >= 0.3 is 0 Å². The van der Waals surface area contributed by atoms with E-state index in [1.165, 1.54) is 0 Å². The molecule has 1 amide bonds. The molecule has 4 heteroatoms. The fourth-order valence-corrected chi connectivity index (χ4v) is 1.02. The van der Waals surface area contributed by atoms with E-state index in [2.05, 4.69) is 5.32 Å². The Morgan fingerprint density at radius 3 is 2.83 bits per heavy atom. The summed E-state index contributed by atoms with van der Waals surface area (Å²) in [6.45, 7) is 1.84. The van der Waals surface area contributed by atoms with Crippen molar-refractivity contribution in [3.63, 3.8) is 0 Å². The van der Waals surface area contributed by atoms with Gasteiger partial charge in [-0.2, -0.15) is 5.26 Å². The molecule has 0 saturated heterocycles. The quantitative estimate of drug-likeness (QED) is 0.655. The van der Waals surface area contributed by atoms with Gasteiger partial charge in [0.2, 0.25) is 6.41 Å². The smallest absolute Gasteiger partial charge is 0.211 e. The highest BCUT2D eigenvalue weighted by molar-refractivity contribution is 5.73. The molecule has 0 aliphatic carbocycles. The van der Waals surface area contributed by atoms with E-state index in [4.69, 9.17) is 5.26 Å². The van der Waals surface area contributed by atoms with Gasteiger partial charge in [-0.25, -0.2) is 0 Å². The van der Waals surface area contributed by atoms with Crippen LogP contribution in [-0.4, -0.2) is 11.0 Å². The first-order chi connectivity index (χ1) is 5.70. The van der Waals surface area contributed by atoms with Crippen molar-refractivity contribution in [2.75, 3.05) is 5.32 Å². The molecule has 62 valence electrons. The van der Waals surface area contributed by atoms with Crippen molar-refractivity contribution in [2.24, 2.45) is 7.05 Å². The minimum atomic E-state index is 0.539. The molecule has 1 aromatic rings. The summed E-state index contributed by atoms with van der Waals surface area (Å²) in [4.78, 5) is 10.1. The van der Waals surface area contributed by atoms with Crippen LogP contribution in [0, 0.1) is 18.3 Å². The Bertz CT molecular complexity index is 346. The number of nitrogens with one attached hydrogen (secondary N) is 1. The largest absolute Gasteiger partial charge is 0.338 e. The number of hydrogen-bond donors (Lipinski definition) is 1. The van der Waals surface area contributed by atoms with Crippen molar-refractivity contribution in [3.8, 4) is 6.07 Å². The number of carbonyl (C=O) groups excluding carboxylic acids is 1. The lowest BCUT2D eigenvalue weighted by Crippen LogP contribution is -1.97. The fourth-order valence-electron chi connectivity index (χ4n) is 1.02. The SMILES string of the molecule is Cc1c(NC=O)cc(C#N)n1C. The van der Waals surface area contributed by atoms with Gasteiger partial charge in [-0.3, -0.25) is 4.79 Å². The lowest BCUT2D eigenvalue weighted by molar-refractivity contribution is -0.105. The van der Waals surface area contributed by atoms with Gasteiger partial charge in [-0.15, -0.1) is 0 Å². The summed E-state index contributed by atoms with van der Waals surface area (Å²) in [5.74, 6) is 0. The molecule has 0 radical (unpaired) electrons. The minimum absolute atomic E-state index is 0.539. The number of nitriles is 1. The van der Waals surface area contributed by atoms with Gasteiger partial charge in [0, 0.05) is 12.7 Å². The molecule has 0 spiro atoms. The normalized spacial score (nSPS) is 9.08. The third-order valence-electron chi connectivity index (χ3n) is 1.86. The highest BCUT2D eigenvalue weighted by atomic mass is 16.1. The van der Waals surface area contributed by atoms with Crippen molar-refractivity contribution in [2.45, 2.75) is 6.92 Å². The fraction of sp³-hybridized carbons (Fsp3) is 0.250. The predicted molar refractivity (Wildman–Crippen MR) is 44.6 cm³/mol. The average molecular weight is 163 g/mol. The molecule has 0 saturated carbocycles. The van der Waals surface area contributed by atoms with E-state index >= 15 is 0 Å². The van der Waals surface area contributed by atoms with Crippen molar-refractivity contribution >= 4 is 12.1 Å². The molecule has 0 aromatic carbocycles. The van der Waals surface area contributed by atoms with Crippen LogP contribution in [0.5, 0.6) is 0 Å². The Hall–Kier alpha value is -1.76. The Morgan fingerprint density at radius 1 is 1.75 bits per heavy atom. The summed E-state index contributed by atoms with van der Waals surface area (Å²) in [6, 6.07) is 3.66. The summed E-state index contributed by atoms with van der Waals surface area (Å²) in [5, 5.41) is 11.2. The van der Waals surface area contributed by atoms with Crippen LogP contribution < -0.4 is 5.32 Å². The second-order valence-electron chi connectivity index (χ2n) is 2.46. The van der Waals surface area contributed by atoms with Crippen LogP contribution in [0.3, 0.4) is 0 Å². The van der Waals surface area contributed by atoms with Crippen LogP contribution in [0.2, 0.25) is 0 Å². The van der Waals surface area contributed by atoms with Gasteiger partial charge < -0.3 is 9.88 Å². The summed E-state index contributed by atoms with van der Waals surface area (Å²) >= 11 is 0. The molecule has 1 heterocycles. The third-order valence-corrected chi connectivity index (χ3v) is 1.86. The number of nitrogens with zero attached hydrogens (tertiary/aromatic N) is 2. The maximum absolute atomic E-state index is 10.1. The van der Waals surface area contributed by atoms with E-state index in [0.29, 0.717) is 17.8 Å². The van der Waals surface area contributed by atoms with E-state index in [-0.39, 0.29) is 0 Å². The van der Waals surface area contributed by atoms with Gasteiger partial charge in [0.05, 0.1) is 5.69 Å². The van der Waals surface area contributed by atoms with Crippen molar-refractivity contribution in [3.05, 3.63) is 17.5 Å². The monoisotopic (exact) mass is 163 g/mol. The Labute approximate surface area is 70.4 Å². The van der Waals surface area contributed by atoms with Gasteiger partial charge in [0.15, 0.2) is 0 Å². The minimum Gasteiger partial charge on any atom is -0.338 e. The van der Waals surface area contributed by atoms with Crippen LogP contribution >= 0.6 is 0 Å². The summed E-state index contributed by atoms with van der Waals surface area (Å²) < 4.78 is 1.73. The lowest BCUT2D eigenvalue weighted by Gasteiger charge is -1.98. The molecular weight excluding hydrogens is 154 g/mol. The predicted octanol–water partition coefficient (Wildman–Crippen LogP) is 0.773. The summed E-state index contributed by atoms with van der Waals surface area (Å²) in [5.41, 5.74) is 2.10. The number of aromatic nitrogens is 1. The molecular formula is C8H9N3O. The van der Waals surface area contributed by atoms with Crippen molar-refractivity contribution < 1.29 is 4.79 Å². The molecule has 1 aromatic heterocycles. The highest BCUT2D eigenvalue weighted by Gasteiger charge is 2.06. The Kier molecular flexibility index (Phi) is 2.15. The molecule has 1 N–H and O–H groups in total. The molecule has 12 heavy (non-hydrogen) atoms. The first-order valence-corrected chi connectivity index (χ1v) is 3.47. The van der Waals surface area contributed by atoms with Gasteiger partial charge in [-0.1, -0.05) is 0 Å². The lowest BCUT2D eigenvalue weighted by atomic mass is 10.4. The van der Waals surface area contributed by atoms with Gasteiger partial charge in [-0.05, 0) is 13.0 Å². The Morgan fingerprint density at radius 2 is 2.42 bits per heavy atom. The maximum atomic E-state index is 10.1. The molecule has 0 unspecified atom stereocenters. The zero-order chi connectivity index (χ0) is 9.14. The Balaban J connectivity index is 3.17. The van der Waals surface area contributed by atoms with Crippen molar-refractivity contribution in [1.82, 2.24) is 4.57 Å². The maximum Gasteiger partial charge on any atom is 0.211 e. The van der Waals surface area contributed by atoms with Crippen LogP contribution in [0.25, 0.3) is 0 Å². The molecule has 0 bridgehead atoms. The van der Waals surface area contributed by atoms with E-state index in [1.54, 1.807) is 17.7 Å². The topological polar surface area (TPSA) is 57.8 Å². The van der Waals surface area contributed by atoms with Gasteiger partial charge in [0.25, 0.3) is 0 Å². The van der Waals surface area contributed by atoms with Crippen LogP contribution in [0.1, 0.15) is 11.4 Å². The summed E-state index contributed by atoms with van der Waals surface area (Å²) in [6.07, 6.45) is 0.601. The standard InChI is InChI=1S/C8H9N3O/c1-6-8(10-5-12)3-7(4-9)11(6)2/h3,5H,1-2H3,(H,10,12). The first-order valence-electron chi connectivity index (χ1n) is 3.47. The number of carbonyl (C=O) groups is 1. The van der Waals surface area contributed by atoms with E-state index < -0.39 is 0 Å².